The summed E-state index contributed by atoms with van der Waals surface area (Å²) in [5.41, 5.74) is 1.75. The molecule has 7 nitrogen and oxygen atoms in total. The van der Waals surface area contributed by atoms with E-state index in [1.165, 1.54) is 29.2 Å². The van der Waals surface area contributed by atoms with E-state index in [0.717, 1.165) is 9.87 Å². The molecule has 11 heteroatoms. The number of nitrogens with zero attached hydrogens (tertiary/aromatic N) is 2. The molecule has 0 aromatic heterocycles. The first-order valence-electron chi connectivity index (χ1n) is 14.3. The van der Waals surface area contributed by atoms with Crippen molar-refractivity contribution in [2.24, 2.45) is 5.92 Å². The first-order chi connectivity index (χ1) is 21.5. The fourth-order valence-corrected chi connectivity index (χ4v) is 6.53. The summed E-state index contributed by atoms with van der Waals surface area (Å²) in [5.74, 6) is -0.764. The molecule has 0 heterocycles. The Hall–Kier alpha value is -3.56. The molecule has 4 aromatic rings. The van der Waals surface area contributed by atoms with Gasteiger partial charge in [-0.2, -0.15) is 0 Å². The van der Waals surface area contributed by atoms with E-state index in [1.54, 1.807) is 48.5 Å². The Morgan fingerprint density at radius 2 is 1.40 bits per heavy atom. The van der Waals surface area contributed by atoms with E-state index >= 15 is 0 Å². The van der Waals surface area contributed by atoms with Crippen LogP contribution in [0, 0.1) is 5.92 Å². The van der Waals surface area contributed by atoms with Gasteiger partial charge >= 0.3 is 0 Å². The van der Waals surface area contributed by atoms with Crippen LogP contribution in [0.25, 0.3) is 0 Å². The lowest BCUT2D eigenvalue weighted by Crippen LogP contribution is -2.53. The van der Waals surface area contributed by atoms with Crippen molar-refractivity contribution in [2.45, 2.75) is 37.8 Å². The van der Waals surface area contributed by atoms with Gasteiger partial charge < -0.3 is 10.2 Å². The number of rotatable bonds is 13. The zero-order chi connectivity index (χ0) is 32.6. The number of nitrogens with one attached hydrogen (secondary N) is 1. The number of hydrogen-bond donors (Lipinski definition) is 1. The second kappa shape index (κ2) is 15.6. The van der Waals surface area contributed by atoms with Gasteiger partial charge in [0.2, 0.25) is 11.8 Å². The molecular formula is C34H34Cl3N3O4S. The van der Waals surface area contributed by atoms with E-state index in [0.29, 0.717) is 32.9 Å². The highest BCUT2D eigenvalue weighted by molar-refractivity contribution is 7.92. The highest BCUT2D eigenvalue weighted by Gasteiger charge is 2.34. The van der Waals surface area contributed by atoms with Crippen molar-refractivity contribution >= 4 is 62.3 Å². The molecule has 0 saturated heterocycles. The molecule has 45 heavy (non-hydrogen) atoms. The lowest BCUT2D eigenvalue weighted by molar-refractivity contribution is -0.140. The minimum absolute atomic E-state index is 0.0219. The van der Waals surface area contributed by atoms with Crippen LogP contribution < -0.4 is 9.62 Å². The van der Waals surface area contributed by atoms with Crippen LogP contribution in [-0.2, 0) is 32.6 Å². The lowest BCUT2D eigenvalue weighted by atomic mass is 10.0. The van der Waals surface area contributed by atoms with Crippen LogP contribution in [0.5, 0.6) is 0 Å². The van der Waals surface area contributed by atoms with Crippen molar-refractivity contribution in [2.75, 3.05) is 17.4 Å². The summed E-state index contributed by atoms with van der Waals surface area (Å²) < 4.78 is 29.1. The summed E-state index contributed by atoms with van der Waals surface area (Å²) in [6.45, 7) is 3.76. The number of para-hydroxylation sites is 1. The third-order valence-electron chi connectivity index (χ3n) is 7.02. The Labute approximate surface area is 279 Å². The molecule has 0 aliphatic heterocycles. The SMILES string of the molecule is CC(C)CNC(=O)[C@H](Cc1ccccc1)N(Cc1ccc(Cl)c(Cl)c1)C(=O)CN(c1ccccc1)S(=O)(=O)c1ccc(Cl)cc1. The standard InChI is InChI=1S/C34H34Cl3N3O4S/c1-24(2)21-38-34(42)32(20-25-9-5-3-6-10-25)39(22-26-13-18-30(36)31(37)19-26)33(41)23-40(28-11-7-4-8-12-28)45(43,44)29-16-14-27(35)15-17-29/h3-19,24,32H,20-23H2,1-2H3,(H,38,42)/t32-/m0/s1. The molecule has 4 aromatic carbocycles. The van der Waals surface area contributed by atoms with Crippen LogP contribution in [0.4, 0.5) is 5.69 Å². The second-order valence-corrected chi connectivity index (χ2v) is 14.0. The number of benzene rings is 4. The predicted octanol–water partition coefficient (Wildman–Crippen LogP) is 7.25. The lowest BCUT2D eigenvalue weighted by Gasteiger charge is -2.34. The van der Waals surface area contributed by atoms with Crippen LogP contribution in [0.1, 0.15) is 25.0 Å². The minimum Gasteiger partial charge on any atom is -0.354 e. The molecule has 0 bridgehead atoms. The van der Waals surface area contributed by atoms with E-state index in [-0.39, 0.29) is 29.7 Å². The number of sulfonamides is 1. The normalized spacial score (nSPS) is 12.0. The Morgan fingerprint density at radius 3 is 2.00 bits per heavy atom. The van der Waals surface area contributed by atoms with Gasteiger partial charge in [0.05, 0.1) is 20.6 Å². The average molecular weight is 687 g/mol. The fraction of sp³-hybridized carbons (Fsp3) is 0.235. The third kappa shape index (κ3) is 9.23. The molecule has 2 amide bonds. The predicted molar refractivity (Wildman–Crippen MR) is 181 cm³/mol. The van der Waals surface area contributed by atoms with Gasteiger partial charge in [-0.1, -0.05) is 103 Å². The van der Waals surface area contributed by atoms with Crippen LogP contribution in [0.15, 0.2) is 108 Å². The van der Waals surface area contributed by atoms with Crippen LogP contribution in [0.3, 0.4) is 0 Å². The number of carbonyl (C=O) groups excluding carboxylic acids is 2. The number of hydrogen-bond acceptors (Lipinski definition) is 4. The first kappa shape index (κ1) is 34.3. The number of anilines is 1. The number of amides is 2. The highest BCUT2D eigenvalue weighted by Crippen LogP contribution is 2.27. The maximum atomic E-state index is 14.4. The summed E-state index contributed by atoms with van der Waals surface area (Å²) >= 11 is 18.5. The summed E-state index contributed by atoms with van der Waals surface area (Å²) in [7, 11) is -4.22. The maximum Gasteiger partial charge on any atom is 0.264 e. The van der Waals surface area contributed by atoms with Crippen LogP contribution in [-0.4, -0.2) is 44.3 Å². The van der Waals surface area contributed by atoms with E-state index in [2.05, 4.69) is 5.32 Å². The van der Waals surface area contributed by atoms with Crippen molar-refractivity contribution in [3.8, 4) is 0 Å². The van der Waals surface area contributed by atoms with Crippen molar-refractivity contribution in [3.63, 3.8) is 0 Å². The monoisotopic (exact) mass is 685 g/mol. The van der Waals surface area contributed by atoms with Crippen LogP contribution in [0.2, 0.25) is 15.1 Å². The molecule has 0 radical (unpaired) electrons. The Balaban J connectivity index is 1.79. The molecule has 1 atom stereocenters. The summed E-state index contributed by atoms with van der Waals surface area (Å²) in [6.07, 6.45) is 0.201. The molecule has 0 spiro atoms. The summed E-state index contributed by atoms with van der Waals surface area (Å²) in [4.78, 5) is 29.6. The smallest absolute Gasteiger partial charge is 0.264 e. The Kier molecular flexibility index (Phi) is 11.9. The van der Waals surface area contributed by atoms with Gasteiger partial charge in [-0.05, 0) is 65.6 Å². The molecule has 0 unspecified atom stereocenters. The van der Waals surface area contributed by atoms with Crippen molar-refractivity contribution < 1.29 is 18.0 Å². The molecule has 0 aliphatic rings. The van der Waals surface area contributed by atoms with E-state index in [1.807, 2.05) is 44.2 Å². The van der Waals surface area contributed by atoms with Gasteiger partial charge in [-0.3, -0.25) is 13.9 Å². The van der Waals surface area contributed by atoms with Crippen molar-refractivity contribution in [3.05, 3.63) is 129 Å². The average Bonchev–Trinajstić information content (AvgIpc) is 3.03. The maximum absolute atomic E-state index is 14.4. The molecule has 1 N–H and O–H groups in total. The van der Waals surface area contributed by atoms with Gasteiger partial charge in [-0.25, -0.2) is 8.42 Å². The zero-order valence-corrected chi connectivity index (χ0v) is 28.0. The second-order valence-electron chi connectivity index (χ2n) is 10.9. The third-order valence-corrected chi connectivity index (χ3v) is 9.80. The fourth-order valence-electron chi connectivity index (χ4n) is 4.67. The van der Waals surface area contributed by atoms with Crippen molar-refractivity contribution in [1.82, 2.24) is 10.2 Å². The number of carbonyl (C=O) groups is 2. The van der Waals surface area contributed by atoms with Gasteiger partial charge in [0.1, 0.15) is 12.6 Å². The topological polar surface area (TPSA) is 86.8 Å². The zero-order valence-electron chi connectivity index (χ0n) is 24.9. The van der Waals surface area contributed by atoms with Gasteiger partial charge in [-0.15, -0.1) is 0 Å². The molecule has 4 rings (SSSR count). The first-order valence-corrected chi connectivity index (χ1v) is 16.9. The largest absolute Gasteiger partial charge is 0.354 e. The number of halogens is 3. The van der Waals surface area contributed by atoms with E-state index in [4.69, 9.17) is 34.8 Å². The molecular weight excluding hydrogens is 653 g/mol. The molecule has 0 fully saturated rings. The molecule has 0 aliphatic carbocycles. The Morgan fingerprint density at radius 1 is 0.778 bits per heavy atom. The minimum atomic E-state index is -4.22. The van der Waals surface area contributed by atoms with E-state index in [9.17, 15) is 18.0 Å². The molecule has 0 saturated carbocycles. The van der Waals surface area contributed by atoms with Gasteiger partial charge in [0.15, 0.2) is 0 Å². The summed E-state index contributed by atoms with van der Waals surface area (Å²) in [5, 5.41) is 3.98. The van der Waals surface area contributed by atoms with E-state index < -0.39 is 28.5 Å². The van der Waals surface area contributed by atoms with Crippen molar-refractivity contribution in [1.29, 1.82) is 0 Å². The molecule has 236 valence electrons. The highest BCUT2D eigenvalue weighted by atomic mass is 35.5. The van der Waals surface area contributed by atoms with Crippen LogP contribution >= 0.6 is 34.8 Å². The van der Waals surface area contributed by atoms with Gasteiger partial charge in [0.25, 0.3) is 10.0 Å². The van der Waals surface area contributed by atoms with Gasteiger partial charge in [0, 0.05) is 24.5 Å². The quantitative estimate of drug-likeness (QED) is 0.161. The summed E-state index contributed by atoms with van der Waals surface area (Å²) in [6, 6.07) is 27.5. The Bertz CT molecular complexity index is 1700.